The molecule has 2 aromatic carbocycles. The van der Waals surface area contributed by atoms with Crippen LogP contribution in [0.1, 0.15) is 22.8 Å². The van der Waals surface area contributed by atoms with Gasteiger partial charge in [-0.05, 0) is 49.7 Å². The van der Waals surface area contributed by atoms with Crippen LogP contribution in [0.4, 0.5) is 0 Å². The minimum absolute atomic E-state index is 0.194. The summed E-state index contributed by atoms with van der Waals surface area (Å²) in [7, 11) is 0. The van der Waals surface area contributed by atoms with Gasteiger partial charge in [-0.1, -0.05) is 18.2 Å². The molecule has 0 amide bonds. The molecule has 0 radical (unpaired) electrons. The number of hydrogen-bond acceptors (Lipinski definition) is 6. The second-order valence-corrected chi connectivity index (χ2v) is 5.39. The van der Waals surface area contributed by atoms with Gasteiger partial charge in [-0.3, -0.25) is 0 Å². The first-order chi connectivity index (χ1) is 12.6. The molecule has 0 saturated heterocycles. The largest absolute Gasteiger partial charge is 0.482 e. The summed E-state index contributed by atoms with van der Waals surface area (Å²) >= 11 is 0. The highest BCUT2D eigenvalue weighted by Gasteiger charge is 2.10. The summed E-state index contributed by atoms with van der Waals surface area (Å²) in [6, 6.07) is 13.5. The third-order valence-electron chi connectivity index (χ3n) is 3.43. The lowest BCUT2D eigenvalue weighted by Crippen LogP contribution is -2.18. The monoisotopic (exact) mass is 358 g/mol. The lowest BCUT2D eigenvalue weighted by atomic mass is 10.2. The van der Waals surface area contributed by atoms with Crippen LogP contribution in [0.3, 0.4) is 0 Å². The number of ether oxygens (including phenoxy) is 4. The van der Waals surface area contributed by atoms with Crippen LogP contribution in [0, 0.1) is 6.92 Å². The molecular weight excluding hydrogens is 336 g/mol. The molecule has 0 aliphatic rings. The Morgan fingerprint density at radius 3 is 2.38 bits per heavy atom. The summed E-state index contributed by atoms with van der Waals surface area (Å²) in [6.45, 7) is 4.69. The van der Waals surface area contributed by atoms with Gasteiger partial charge < -0.3 is 18.9 Å². The first kappa shape index (κ1) is 19.5. The predicted molar refractivity (Wildman–Crippen MR) is 95.5 cm³/mol. The third kappa shape index (κ3) is 6.22. The van der Waals surface area contributed by atoms with Crippen molar-refractivity contribution in [3.63, 3.8) is 0 Å². The number of rotatable bonds is 9. The molecule has 0 N–H and O–H groups in total. The van der Waals surface area contributed by atoms with Crippen molar-refractivity contribution in [2.75, 3.05) is 26.4 Å². The van der Waals surface area contributed by atoms with E-state index in [1.165, 1.54) is 24.3 Å². The van der Waals surface area contributed by atoms with E-state index in [0.717, 1.165) is 5.56 Å². The number of hydrogen-bond donors (Lipinski definition) is 0. The van der Waals surface area contributed by atoms with E-state index in [4.69, 9.17) is 18.9 Å². The maximum absolute atomic E-state index is 11.9. The Morgan fingerprint density at radius 1 is 0.962 bits per heavy atom. The normalized spacial score (nSPS) is 10.2. The highest BCUT2D eigenvalue weighted by molar-refractivity contribution is 5.89. The van der Waals surface area contributed by atoms with E-state index in [0.29, 0.717) is 30.3 Å². The van der Waals surface area contributed by atoms with E-state index in [-0.39, 0.29) is 13.2 Å². The topological polar surface area (TPSA) is 71.1 Å². The second-order valence-electron chi connectivity index (χ2n) is 5.39. The van der Waals surface area contributed by atoms with Crippen molar-refractivity contribution in [1.82, 2.24) is 0 Å². The van der Waals surface area contributed by atoms with Gasteiger partial charge in [0.1, 0.15) is 18.1 Å². The van der Waals surface area contributed by atoms with Crippen molar-refractivity contribution >= 4 is 11.9 Å². The number of aryl methyl sites for hydroxylation is 1. The average molecular weight is 358 g/mol. The fourth-order valence-corrected chi connectivity index (χ4v) is 2.10. The quantitative estimate of drug-likeness (QED) is 0.389. The summed E-state index contributed by atoms with van der Waals surface area (Å²) in [6.07, 6.45) is 0. The van der Waals surface area contributed by atoms with Crippen molar-refractivity contribution in [3.05, 3.63) is 59.7 Å². The molecule has 0 aromatic heterocycles. The summed E-state index contributed by atoms with van der Waals surface area (Å²) < 4.78 is 20.8. The van der Waals surface area contributed by atoms with E-state index in [2.05, 4.69) is 0 Å². The standard InChI is InChI=1S/C20H22O6/c1-3-23-12-13-24-20(22)16-8-10-17(11-9-16)26-19(21)14-25-18-7-5-4-6-15(18)2/h4-11H,3,12-14H2,1-2H3. The van der Waals surface area contributed by atoms with Gasteiger partial charge in [0.15, 0.2) is 6.61 Å². The van der Waals surface area contributed by atoms with Crippen LogP contribution in [0.2, 0.25) is 0 Å². The van der Waals surface area contributed by atoms with Gasteiger partial charge in [-0.2, -0.15) is 0 Å². The van der Waals surface area contributed by atoms with E-state index in [9.17, 15) is 9.59 Å². The number of esters is 2. The van der Waals surface area contributed by atoms with Crippen LogP contribution in [-0.4, -0.2) is 38.4 Å². The lowest BCUT2D eigenvalue weighted by Gasteiger charge is -2.09. The maximum atomic E-state index is 11.9. The average Bonchev–Trinajstić information content (AvgIpc) is 2.65. The lowest BCUT2D eigenvalue weighted by molar-refractivity contribution is -0.136. The van der Waals surface area contributed by atoms with Crippen molar-refractivity contribution < 1.29 is 28.5 Å². The van der Waals surface area contributed by atoms with Crippen LogP contribution in [0.25, 0.3) is 0 Å². The van der Waals surface area contributed by atoms with Crippen molar-refractivity contribution in [2.45, 2.75) is 13.8 Å². The smallest absolute Gasteiger partial charge is 0.349 e. The fraction of sp³-hybridized carbons (Fsp3) is 0.300. The Hall–Kier alpha value is -2.86. The summed E-state index contributed by atoms with van der Waals surface area (Å²) in [4.78, 5) is 23.7. The van der Waals surface area contributed by atoms with E-state index < -0.39 is 11.9 Å². The summed E-state index contributed by atoms with van der Waals surface area (Å²) in [5.74, 6) is -0.0189. The number of benzene rings is 2. The van der Waals surface area contributed by atoms with Crippen molar-refractivity contribution in [1.29, 1.82) is 0 Å². The summed E-state index contributed by atoms with van der Waals surface area (Å²) in [5.41, 5.74) is 1.31. The molecule has 0 bridgehead atoms. The number of carbonyl (C=O) groups excluding carboxylic acids is 2. The molecule has 6 heteroatoms. The molecule has 2 rings (SSSR count). The van der Waals surface area contributed by atoms with Gasteiger partial charge in [-0.15, -0.1) is 0 Å². The van der Waals surface area contributed by atoms with Gasteiger partial charge in [-0.25, -0.2) is 9.59 Å². The summed E-state index contributed by atoms with van der Waals surface area (Å²) in [5, 5.41) is 0. The zero-order valence-corrected chi connectivity index (χ0v) is 14.9. The van der Waals surface area contributed by atoms with Gasteiger partial charge in [0.2, 0.25) is 0 Å². The third-order valence-corrected chi connectivity index (χ3v) is 3.43. The van der Waals surface area contributed by atoms with Crippen LogP contribution in [0.5, 0.6) is 11.5 Å². The van der Waals surface area contributed by atoms with E-state index in [1.54, 1.807) is 6.07 Å². The highest BCUT2D eigenvalue weighted by Crippen LogP contribution is 2.17. The molecule has 0 aliphatic heterocycles. The fourth-order valence-electron chi connectivity index (χ4n) is 2.10. The predicted octanol–water partition coefficient (Wildman–Crippen LogP) is 3.17. The van der Waals surface area contributed by atoms with E-state index in [1.807, 2.05) is 32.0 Å². The molecule has 6 nitrogen and oxygen atoms in total. The molecule has 0 saturated carbocycles. The minimum atomic E-state index is -0.528. The minimum Gasteiger partial charge on any atom is -0.482 e. The molecule has 0 heterocycles. The second kappa shape index (κ2) is 10.2. The maximum Gasteiger partial charge on any atom is 0.349 e. The molecule has 0 unspecified atom stereocenters. The molecule has 138 valence electrons. The first-order valence-electron chi connectivity index (χ1n) is 8.34. The number of para-hydroxylation sites is 1. The SMILES string of the molecule is CCOCCOC(=O)c1ccc(OC(=O)COc2ccccc2C)cc1. The molecule has 0 fully saturated rings. The molecular formula is C20H22O6. The van der Waals surface area contributed by atoms with Gasteiger partial charge in [0.25, 0.3) is 0 Å². The zero-order chi connectivity index (χ0) is 18.8. The van der Waals surface area contributed by atoms with Crippen molar-refractivity contribution in [3.8, 4) is 11.5 Å². The Morgan fingerprint density at radius 2 is 1.69 bits per heavy atom. The highest BCUT2D eigenvalue weighted by atomic mass is 16.6. The molecule has 26 heavy (non-hydrogen) atoms. The Bertz CT molecular complexity index is 723. The van der Waals surface area contributed by atoms with E-state index >= 15 is 0 Å². The Kier molecular flexibility index (Phi) is 7.64. The van der Waals surface area contributed by atoms with Crippen LogP contribution < -0.4 is 9.47 Å². The van der Waals surface area contributed by atoms with Crippen LogP contribution in [-0.2, 0) is 14.3 Å². The van der Waals surface area contributed by atoms with Crippen LogP contribution >= 0.6 is 0 Å². The number of carbonyl (C=O) groups is 2. The van der Waals surface area contributed by atoms with Gasteiger partial charge in [0, 0.05) is 6.61 Å². The molecule has 0 aliphatic carbocycles. The van der Waals surface area contributed by atoms with Gasteiger partial charge >= 0.3 is 11.9 Å². The molecule has 0 spiro atoms. The van der Waals surface area contributed by atoms with Crippen LogP contribution in [0.15, 0.2) is 48.5 Å². The molecule has 2 aromatic rings. The Labute approximate surface area is 152 Å². The van der Waals surface area contributed by atoms with Gasteiger partial charge in [0.05, 0.1) is 12.2 Å². The first-order valence-corrected chi connectivity index (χ1v) is 8.34. The Balaban J connectivity index is 1.80. The zero-order valence-electron chi connectivity index (χ0n) is 14.9. The van der Waals surface area contributed by atoms with Crippen molar-refractivity contribution in [2.24, 2.45) is 0 Å². The molecule has 0 atom stereocenters.